The molecule has 4 atom stereocenters. The highest BCUT2D eigenvalue weighted by Crippen LogP contribution is 2.50. The van der Waals surface area contributed by atoms with E-state index in [9.17, 15) is 4.79 Å². The van der Waals surface area contributed by atoms with Crippen molar-refractivity contribution in [2.75, 3.05) is 0 Å². The van der Waals surface area contributed by atoms with Crippen LogP contribution in [0.4, 0.5) is 0 Å². The number of rotatable bonds is 6. The fourth-order valence-corrected chi connectivity index (χ4v) is 5.54. The van der Waals surface area contributed by atoms with E-state index in [-0.39, 0.29) is 23.8 Å². The number of halogens is 2. The minimum Gasteiger partial charge on any atom is -0.462 e. The van der Waals surface area contributed by atoms with E-state index < -0.39 is 5.41 Å². The quantitative estimate of drug-likeness (QED) is 0.411. The molecule has 0 heterocycles. The van der Waals surface area contributed by atoms with Gasteiger partial charge in [-0.2, -0.15) is 0 Å². The van der Waals surface area contributed by atoms with E-state index in [1.807, 2.05) is 26.8 Å². The van der Waals surface area contributed by atoms with Gasteiger partial charge in [0.15, 0.2) is 0 Å². The highest BCUT2D eigenvalue weighted by molar-refractivity contribution is 9.11. The molecule has 4 unspecified atom stereocenters. The Kier molecular flexibility index (Phi) is 6.16. The Bertz CT molecular complexity index is 693. The molecule has 0 spiro atoms. The maximum absolute atomic E-state index is 12.4. The Morgan fingerprint density at radius 2 is 1.56 bits per heavy atom. The lowest BCUT2D eigenvalue weighted by molar-refractivity contribution is -0.166. The molecule has 0 radical (unpaired) electrons. The van der Waals surface area contributed by atoms with E-state index in [1.165, 1.54) is 0 Å². The van der Waals surface area contributed by atoms with Crippen LogP contribution in [0.25, 0.3) is 0 Å². The lowest BCUT2D eigenvalue weighted by Crippen LogP contribution is -2.37. The normalized spacial score (nSPS) is 27.8. The zero-order valence-corrected chi connectivity index (χ0v) is 20.0. The third-order valence-electron chi connectivity index (χ3n) is 6.43. The average molecular weight is 502 g/mol. The summed E-state index contributed by atoms with van der Waals surface area (Å²) < 4.78 is 14.6. The maximum atomic E-state index is 12.4. The predicted octanol–water partition coefficient (Wildman–Crippen LogP) is 6.61. The smallest absolute Gasteiger partial charge is 0.311 e. The molecule has 3 rings (SSSR count). The molecule has 1 aromatic carbocycles. The van der Waals surface area contributed by atoms with Crippen molar-refractivity contribution in [2.24, 2.45) is 17.3 Å². The van der Waals surface area contributed by atoms with Crippen molar-refractivity contribution in [3.05, 3.63) is 32.7 Å². The second-order valence-corrected chi connectivity index (χ2v) is 11.1. The van der Waals surface area contributed by atoms with E-state index in [0.29, 0.717) is 11.8 Å². The molecular weight excluding hydrogens is 472 g/mol. The first kappa shape index (κ1) is 21.3. The molecule has 0 aromatic heterocycles. The third-order valence-corrected chi connectivity index (χ3v) is 7.34. The minimum absolute atomic E-state index is 0.0562. The third kappa shape index (κ3) is 4.62. The zero-order chi connectivity index (χ0) is 20.0. The maximum Gasteiger partial charge on any atom is 0.311 e. The summed E-state index contributed by atoms with van der Waals surface area (Å²) in [5, 5.41) is 0. The molecular formula is C22H30Br2O3. The lowest BCUT2D eigenvalue weighted by atomic mass is 9.89. The number of fused-ring (bicyclic) bond motifs is 2. The molecule has 150 valence electrons. The van der Waals surface area contributed by atoms with Gasteiger partial charge in [-0.3, -0.25) is 4.79 Å². The first-order valence-electron chi connectivity index (χ1n) is 9.87. The summed E-state index contributed by atoms with van der Waals surface area (Å²) in [5.41, 5.74) is 0.394. The van der Waals surface area contributed by atoms with Crippen molar-refractivity contribution >= 4 is 37.8 Å². The minimum atomic E-state index is -0.395. The van der Waals surface area contributed by atoms with Gasteiger partial charge in [0.25, 0.3) is 0 Å². The summed E-state index contributed by atoms with van der Waals surface area (Å²) in [6.07, 6.45) is 4.11. The Morgan fingerprint density at radius 1 is 1.00 bits per heavy atom. The summed E-state index contributed by atoms with van der Waals surface area (Å²) in [6.45, 7) is 10.2. The standard InChI is InChI=1S/C22H30Br2O3/c1-6-21(2,3)20(25)26-18-8-14-7-13(18)9-19(14)27-22(4,5)15-10-16(23)12-17(24)11-15/h10-14,18-19H,6-9H2,1-5H3. The van der Waals surface area contributed by atoms with Gasteiger partial charge in [-0.15, -0.1) is 0 Å². The number of hydrogen-bond acceptors (Lipinski definition) is 3. The number of esters is 1. The second kappa shape index (κ2) is 7.79. The van der Waals surface area contributed by atoms with Crippen molar-refractivity contribution < 1.29 is 14.3 Å². The second-order valence-electron chi connectivity index (χ2n) is 9.23. The number of carbonyl (C=O) groups is 1. The van der Waals surface area contributed by atoms with Crippen molar-refractivity contribution in [3.63, 3.8) is 0 Å². The number of ether oxygens (including phenoxy) is 2. The molecule has 5 heteroatoms. The Morgan fingerprint density at radius 3 is 2.07 bits per heavy atom. The molecule has 0 aliphatic heterocycles. The van der Waals surface area contributed by atoms with E-state index in [1.54, 1.807) is 0 Å². The highest BCUT2D eigenvalue weighted by Gasteiger charge is 2.50. The molecule has 0 saturated heterocycles. The SMILES string of the molecule is CCC(C)(C)C(=O)OC1CC2CC1CC2OC(C)(C)c1cc(Br)cc(Br)c1. The zero-order valence-electron chi connectivity index (χ0n) is 16.9. The predicted molar refractivity (Wildman–Crippen MR) is 115 cm³/mol. The van der Waals surface area contributed by atoms with Crippen LogP contribution in [-0.4, -0.2) is 18.2 Å². The van der Waals surface area contributed by atoms with E-state index >= 15 is 0 Å². The molecule has 2 aliphatic rings. The summed E-state index contributed by atoms with van der Waals surface area (Å²) in [4.78, 5) is 12.4. The van der Waals surface area contributed by atoms with Crippen LogP contribution >= 0.6 is 31.9 Å². The van der Waals surface area contributed by atoms with Gasteiger partial charge in [-0.05, 0) is 89.0 Å². The van der Waals surface area contributed by atoms with Crippen molar-refractivity contribution in [3.8, 4) is 0 Å². The summed E-state index contributed by atoms with van der Waals surface area (Å²) in [5.74, 6) is 0.855. The molecule has 3 nitrogen and oxygen atoms in total. The van der Waals surface area contributed by atoms with Crippen LogP contribution < -0.4 is 0 Å². The largest absolute Gasteiger partial charge is 0.462 e. The monoisotopic (exact) mass is 500 g/mol. The first-order chi connectivity index (χ1) is 12.5. The van der Waals surface area contributed by atoms with Crippen LogP contribution in [0.3, 0.4) is 0 Å². The molecule has 27 heavy (non-hydrogen) atoms. The van der Waals surface area contributed by atoms with E-state index in [4.69, 9.17) is 9.47 Å². The van der Waals surface area contributed by atoms with Gasteiger partial charge in [-0.25, -0.2) is 0 Å². The summed E-state index contributed by atoms with van der Waals surface area (Å²) in [7, 11) is 0. The fraction of sp³-hybridized carbons (Fsp3) is 0.682. The Labute approximate surface area is 179 Å². The first-order valence-corrected chi connectivity index (χ1v) is 11.5. The van der Waals surface area contributed by atoms with Crippen molar-refractivity contribution in [2.45, 2.75) is 78.1 Å². The number of benzene rings is 1. The van der Waals surface area contributed by atoms with Crippen LogP contribution in [0.5, 0.6) is 0 Å². The van der Waals surface area contributed by atoms with Crippen LogP contribution in [-0.2, 0) is 19.9 Å². The van der Waals surface area contributed by atoms with Crippen LogP contribution in [0.15, 0.2) is 27.1 Å². The van der Waals surface area contributed by atoms with Gasteiger partial charge in [0, 0.05) is 8.95 Å². The topological polar surface area (TPSA) is 35.5 Å². The van der Waals surface area contributed by atoms with Crippen molar-refractivity contribution in [1.29, 1.82) is 0 Å². The van der Waals surface area contributed by atoms with Gasteiger partial charge in [-0.1, -0.05) is 38.8 Å². The van der Waals surface area contributed by atoms with Gasteiger partial charge in [0.2, 0.25) is 0 Å². The average Bonchev–Trinajstić information content (AvgIpc) is 3.13. The molecule has 2 fully saturated rings. The van der Waals surface area contributed by atoms with Crippen LogP contribution in [0.2, 0.25) is 0 Å². The molecule has 2 bridgehead atoms. The fourth-order valence-electron chi connectivity index (χ4n) is 4.25. The molecule has 0 N–H and O–H groups in total. The van der Waals surface area contributed by atoms with Crippen molar-refractivity contribution in [1.82, 2.24) is 0 Å². The Hall–Kier alpha value is -0.390. The Balaban J connectivity index is 1.62. The number of carbonyl (C=O) groups excluding carboxylic acids is 1. The van der Waals surface area contributed by atoms with Crippen LogP contribution in [0, 0.1) is 17.3 Å². The van der Waals surface area contributed by atoms with Gasteiger partial charge in [0.1, 0.15) is 6.10 Å². The van der Waals surface area contributed by atoms with Gasteiger partial charge in [0.05, 0.1) is 17.1 Å². The molecule has 0 amide bonds. The van der Waals surface area contributed by atoms with Crippen LogP contribution in [0.1, 0.15) is 65.9 Å². The van der Waals surface area contributed by atoms with Gasteiger partial charge < -0.3 is 9.47 Å². The molecule has 2 saturated carbocycles. The number of hydrogen-bond donors (Lipinski definition) is 0. The molecule has 1 aromatic rings. The van der Waals surface area contributed by atoms with E-state index in [0.717, 1.165) is 40.2 Å². The highest BCUT2D eigenvalue weighted by atomic mass is 79.9. The lowest BCUT2D eigenvalue weighted by Gasteiger charge is -2.36. The molecule has 2 aliphatic carbocycles. The summed E-state index contributed by atoms with van der Waals surface area (Å²) in [6, 6.07) is 6.28. The summed E-state index contributed by atoms with van der Waals surface area (Å²) >= 11 is 7.14. The van der Waals surface area contributed by atoms with E-state index in [2.05, 4.69) is 57.8 Å². The van der Waals surface area contributed by atoms with Gasteiger partial charge >= 0.3 is 5.97 Å².